The van der Waals surface area contributed by atoms with E-state index in [-0.39, 0.29) is 0 Å². The van der Waals surface area contributed by atoms with Crippen LogP contribution >= 0.6 is 15.9 Å². The molecule has 2 aliphatic rings. The number of anilines is 3. The van der Waals surface area contributed by atoms with E-state index in [1.165, 1.54) is 37.1 Å². The van der Waals surface area contributed by atoms with Gasteiger partial charge in [0.05, 0.1) is 22.5 Å². The second kappa shape index (κ2) is 3.84. The first-order valence-electron chi connectivity index (χ1n) is 5.86. The highest BCUT2D eigenvalue weighted by Crippen LogP contribution is 2.44. The van der Waals surface area contributed by atoms with Gasteiger partial charge in [-0.3, -0.25) is 0 Å². The molecule has 0 saturated heterocycles. The highest BCUT2D eigenvalue weighted by molar-refractivity contribution is 9.10. The summed E-state index contributed by atoms with van der Waals surface area (Å²) in [5.74, 6) is 0. The first-order chi connectivity index (χ1) is 7.77. The van der Waals surface area contributed by atoms with Crippen molar-refractivity contribution in [1.82, 2.24) is 0 Å². The van der Waals surface area contributed by atoms with Crippen molar-refractivity contribution in [3.63, 3.8) is 0 Å². The van der Waals surface area contributed by atoms with Gasteiger partial charge in [-0.25, -0.2) is 0 Å². The zero-order chi connectivity index (χ0) is 11.1. The summed E-state index contributed by atoms with van der Waals surface area (Å²) in [6, 6.07) is 4.71. The molecule has 0 atom stereocenters. The Bertz CT molecular complexity index is 413. The van der Waals surface area contributed by atoms with E-state index in [9.17, 15) is 0 Å². The molecule has 1 aliphatic heterocycles. The number of rotatable bonds is 1. The lowest BCUT2D eigenvalue weighted by molar-refractivity contribution is 0.634. The Morgan fingerprint density at radius 1 is 1.31 bits per heavy atom. The van der Waals surface area contributed by atoms with E-state index in [0.717, 1.165) is 16.8 Å². The van der Waals surface area contributed by atoms with E-state index < -0.39 is 0 Å². The van der Waals surface area contributed by atoms with Crippen LogP contribution in [-0.4, -0.2) is 12.7 Å². The minimum Gasteiger partial charge on any atom is -0.398 e. The first kappa shape index (κ1) is 10.3. The molecule has 0 unspecified atom stereocenters. The van der Waals surface area contributed by atoms with Crippen molar-refractivity contribution in [3.8, 4) is 0 Å². The molecule has 3 N–H and O–H groups in total. The molecular formula is C12H16BrN3. The van der Waals surface area contributed by atoms with Gasteiger partial charge >= 0.3 is 0 Å². The van der Waals surface area contributed by atoms with Gasteiger partial charge in [0, 0.05) is 11.7 Å². The Labute approximate surface area is 104 Å². The van der Waals surface area contributed by atoms with Crippen LogP contribution < -0.4 is 16.0 Å². The van der Waals surface area contributed by atoms with E-state index in [0.29, 0.717) is 6.04 Å². The third kappa shape index (κ3) is 1.47. The van der Waals surface area contributed by atoms with Gasteiger partial charge in [-0.15, -0.1) is 0 Å². The molecule has 1 heterocycles. The summed E-state index contributed by atoms with van der Waals surface area (Å²) in [5, 5.41) is 3.44. The topological polar surface area (TPSA) is 41.3 Å². The number of nitrogens with two attached hydrogens (primary N) is 1. The predicted octanol–water partition coefficient (Wildman–Crippen LogP) is 3.16. The molecule has 1 aromatic carbocycles. The van der Waals surface area contributed by atoms with Crippen LogP contribution in [0.5, 0.6) is 0 Å². The lowest BCUT2D eigenvalue weighted by Gasteiger charge is -2.26. The van der Waals surface area contributed by atoms with Crippen LogP contribution in [0, 0.1) is 0 Å². The Balaban J connectivity index is 2.00. The smallest absolute Gasteiger partial charge is 0.0881 e. The molecule has 1 fully saturated rings. The van der Waals surface area contributed by atoms with Crippen LogP contribution in [0.4, 0.5) is 17.1 Å². The molecule has 3 rings (SSSR count). The number of halogens is 1. The summed E-state index contributed by atoms with van der Waals surface area (Å²) in [6.45, 7) is 0.919. The summed E-state index contributed by atoms with van der Waals surface area (Å²) >= 11 is 3.61. The van der Waals surface area contributed by atoms with Gasteiger partial charge in [-0.2, -0.15) is 0 Å². The third-order valence-corrected chi connectivity index (χ3v) is 4.47. The second-order valence-corrected chi connectivity index (χ2v) is 5.40. The van der Waals surface area contributed by atoms with Crippen molar-refractivity contribution in [3.05, 3.63) is 16.6 Å². The Hall–Kier alpha value is -0.900. The molecule has 16 heavy (non-hydrogen) atoms. The molecule has 86 valence electrons. The van der Waals surface area contributed by atoms with E-state index in [1.54, 1.807) is 0 Å². The van der Waals surface area contributed by atoms with Crippen LogP contribution in [0.3, 0.4) is 0 Å². The average molecular weight is 282 g/mol. The van der Waals surface area contributed by atoms with Crippen LogP contribution in [0.1, 0.15) is 25.7 Å². The van der Waals surface area contributed by atoms with Gasteiger partial charge < -0.3 is 16.0 Å². The Morgan fingerprint density at radius 2 is 2.06 bits per heavy atom. The van der Waals surface area contributed by atoms with Crippen molar-refractivity contribution >= 4 is 33.0 Å². The summed E-state index contributed by atoms with van der Waals surface area (Å²) < 4.78 is 1.04. The molecule has 0 radical (unpaired) electrons. The number of nitrogens with zero attached hydrogens (tertiary/aromatic N) is 1. The second-order valence-electron chi connectivity index (χ2n) is 4.61. The largest absolute Gasteiger partial charge is 0.398 e. The van der Waals surface area contributed by atoms with E-state index in [1.807, 2.05) is 6.07 Å². The van der Waals surface area contributed by atoms with Crippen molar-refractivity contribution in [2.75, 3.05) is 22.6 Å². The van der Waals surface area contributed by atoms with Crippen LogP contribution in [0.25, 0.3) is 0 Å². The third-order valence-electron chi connectivity index (χ3n) is 3.64. The molecule has 1 aromatic rings. The monoisotopic (exact) mass is 281 g/mol. The minimum atomic E-state index is 0.687. The lowest BCUT2D eigenvalue weighted by Crippen LogP contribution is -2.33. The summed E-state index contributed by atoms with van der Waals surface area (Å²) in [5.41, 5.74) is 9.24. The van der Waals surface area contributed by atoms with Crippen molar-refractivity contribution in [2.24, 2.45) is 0 Å². The zero-order valence-corrected chi connectivity index (χ0v) is 10.8. The van der Waals surface area contributed by atoms with Crippen molar-refractivity contribution in [1.29, 1.82) is 0 Å². The van der Waals surface area contributed by atoms with Crippen molar-refractivity contribution in [2.45, 2.75) is 31.7 Å². The van der Waals surface area contributed by atoms with Crippen molar-refractivity contribution < 1.29 is 0 Å². The number of fused-ring (bicyclic) bond motifs is 1. The fourth-order valence-electron chi connectivity index (χ4n) is 2.78. The maximum atomic E-state index is 5.95. The molecule has 0 amide bonds. The zero-order valence-electron chi connectivity index (χ0n) is 9.17. The molecule has 1 aliphatic carbocycles. The minimum absolute atomic E-state index is 0.687. The number of nitrogens with one attached hydrogen (secondary N) is 1. The molecule has 0 spiro atoms. The van der Waals surface area contributed by atoms with Gasteiger partial charge in [0.15, 0.2) is 0 Å². The van der Waals surface area contributed by atoms with Gasteiger partial charge in [-0.05, 0) is 40.9 Å². The number of hydrogen-bond acceptors (Lipinski definition) is 3. The summed E-state index contributed by atoms with van der Waals surface area (Å²) in [4.78, 5) is 2.46. The van der Waals surface area contributed by atoms with E-state index in [2.05, 4.69) is 32.2 Å². The fraction of sp³-hybridized carbons (Fsp3) is 0.500. The van der Waals surface area contributed by atoms with Gasteiger partial charge in [0.2, 0.25) is 0 Å². The number of hydrogen-bond donors (Lipinski definition) is 2. The molecular weight excluding hydrogens is 266 g/mol. The number of benzene rings is 1. The van der Waals surface area contributed by atoms with E-state index in [4.69, 9.17) is 5.73 Å². The van der Waals surface area contributed by atoms with Crippen LogP contribution in [0.2, 0.25) is 0 Å². The maximum Gasteiger partial charge on any atom is 0.0881 e. The highest BCUT2D eigenvalue weighted by atomic mass is 79.9. The van der Waals surface area contributed by atoms with Gasteiger partial charge in [0.25, 0.3) is 0 Å². The summed E-state index contributed by atoms with van der Waals surface area (Å²) in [6.07, 6.45) is 5.33. The predicted molar refractivity (Wildman–Crippen MR) is 71.8 cm³/mol. The van der Waals surface area contributed by atoms with Crippen LogP contribution in [0.15, 0.2) is 16.6 Å². The molecule has 1 saturated carbocycles. The molecule has 0 bridgehead atoms. The van der Waals surface area contributed by atoms with Gasteiger partial charge in [0.1, 0.15) is 0 Å². The van der Waals surface area contributed by atoms with Gasteiger partial charge in [-0.1, -0.05) is 12.8 Å². The fourth-order valence-corrected chi connectivity index (χ4v) is 3.35. The van der Waals surface area contributed by atoms with E-state index >= 15 is 0 Å². The number of nitrogen functional groups attached to an aromatic ring is 1. The average Bonchev–Trinajstić information content (AvgIpc) is 2.91. The standard InChI is InChI=1S/C12H16BrN3/c13-11-9(14)5-6-10-12(11)16(7-15-10)8-3-1-2-4-8/h5-6,8,15H,1-4,7,14H2. The molecule has 0 aromatic heterocycles. The Kier molecular flexibility index (Phi) is 2.46. The summed E-state index contributed by atoms with van der Waals surface area (Å²) in [7, 11) is 0. The Morgan fingerprint density at radius 3 is 2.81 bits per heavy atom. The molecule has 3 nitrogen and oxygen atoms in total. The quantitative estimate of drug-likeness (QED) is 0.777. The van der Waals surface area contributed by atoms with Crippen LogP contribution in [-0.2, 0) is 0 Å². The maximum absolute atomic E-state index is 5.95. The SMILES string of the molecule is Nc1ccc2c(c1Br)N(C1CCCC1)CN2. The first-order valence-corrected chi connectivity index (χ1v) is 6.65. The normalized spacial score (nSPS) is 19.9. The molecule has 4 heteroatoms. The highest BCUT2D eigenvalue weighted by Gasteiger charge is 2.30. The lowest BCUT2D eigenvalue weighted by atomic mass is 10.2.